The third kappa shape index (κ3) is 4.11. The van der Waals surface area contributed by atoms with E-state index in [4.69, 9.17) is 4.74 Å². The molecular formula is C16H19N3O2S. The first-order valence-electron chi connectivity index (χ1n) is 7.43. The summed E-state index contributed by atoms with van der Waals surface area (Å²) in [5, 5.41) is 4.04. The molecule has 22 heavy (non-hydrogen) atoms. The predicted molar refractivity (Wildman–Crippen MR) is 84.6 cm³/mol. The Bertz CT molecular complexity index is 589. The van der Waals surface area contributed by atoms with Gasteiger partial charge in [0.05, 0.1) is 19.6 Å². The fraction of sp³-hybridized carbons (Fsp3) is 0.438. The van der Waals surface area contributed by atoms with E-state index in [1.807, 2.05) is 27.8 Å². The third-order valence-electron chi connectivity index (χ3n) is 3.77. The van der Waals surface area contributed by atoms with E-state index in [0.717, 1.165) is 24.2 Å². The van der Waals surface area contributed by atoms with E-state index in [-0.39, 0.29) is 11.8 Å². The molecule has 1 amide bonds. The second-order valence-corrected chi connectivity index (χ2v) is 6.27. The van der Waals surface area contributed by atoms with Crippen LogP contribution in [0.25, 0.3) is 0 Å². The zero-order valence-corrected chi connectivity index (χ0v) is 13.2. The normalized spacial score (nSPS) is 18.9. The molecule has 0 aliphatic carbocycles. The number of ether oxygens (including phenoxy) is 1. The number of amides is 1. The molecule has 0 spiro atoms. The van der Waals surface area contributed by atoms with Gasteiger partial charge in [-0.1, -0.05) is 0 Å². The molecule has 2 aromatic rings. The molecule has 3 rings (SSSR count). The van der Waals surface area contributed by atoms with E-state index in [0.29, 0.717) is 26.2 Å². The Hall–Kier alpha value is -1.79. The van der Waals surface area contributed by atoms with Crippen LogP contribution >= 0.6 is 11.3 Å². The summed E-state index contributed by atoms with van der Waals surface area (Å²) in [6.45, 7) is 2.68. The summed E-state index contributed by atoms with van der Waals surface area (Å²) in [4.78, 5) is 22.6. The van der Waals surface area contributed by atoms with Gasteiger partial charge in [0, 0.05) is 30.9 Å². The van der Waals surface area contributed by atoms with Gasteiger partial charge in [-0.25, -0.2) is 9.97 Å². The molecule has 0 saturated carbocycles. The second-order valence-electron chi connectivity index (χ2n) is 5.49. The Kier molecular flexibility index (Phi) is 5.13. The van der Waals surface area contributed by atoms with E-state index < -0.39 is 0 Å². The van der Waals surface area contributed by atoms with Gasteiger partial charge in [-0.05, 0) is 34.9 Å². The smallest absolute Gasteiger partial charge is 0.227 e. The van der Waals surface area contributed by atoms with Crippen molar-refractivity contribution in [3.8, 4) is 0 Å². The summed E-state index contributed by atoms with van der Waals surface area (Å²) in [7, 11) is 0. The van der Waals surface area contributed by atoms with Crippen LogP contribution in [-0.2, 0) is 22.4 Å². The lowest BCUT2D eigenvalue weighted by molar-refractivity contribution is -0.130. The van der Waals surface area contributed by atoms with Crippen molar-refractivity contribution in [1.82, 2.24) is 14.9 Å². The van der Waals surface area contributed by atoms with Crippen LogP contribution in [0.5, 0.6) is 0 Å². The number of carbonyl (C=O) groups excluding carboxylic acids is 1. The molecular weight excluding hydrogens is 298 g/mol. The molecule has 1 unspecified atom stereocenters. The van der Waals surface area contributed by atoms with Gasteiger partial charge in [0.2, 0.25) is 5.91 Å². The molecule has 3 heterocycles. The van der Waals surface area contributed by atoms with Crippen molar-refractivity contribution in [3.63, 3.8) is 0 Å². The fourth-order valence-electron chi connectivity index (χ4n) is 2.64. The lowest BCUT2D eigenvalue weighted by Gasteiger charge is -2.23. The maximum atomic E-state index is 12.5. The standard InChI is InChI=1S/C16H19N3O2S/c20-16(8-13-2-6-22-11-13)19-4-5-21-10-14(9-19)7-15-1-3-17-12-18-15/h1-3,6,11-12,14H,4-5,7-10H2. The van der Waals surface area contributed by atoms with Crippen molar-refractivity contribution in [2.45, 2.75) is 12.8 Å². The minimum atomic E-state index is 0.177. The predicted octanol–water partition coefficient (Wildman–Crippen LogP) is 1.80. The highest BCUT2D eigenvalue weighted by Crippen LogP contribution is 2.14. The van der Waals surface area contributed by atoms with Crippen LogP contribution in [-0.4, -0.2) is 47.1 Å². The average molecular weight is 317 g/mol. The fourth-order valence-corrected chi connectivity index (χ4v) is 3.31. The highest BCUT2D eigenvalue weighted by Gasteiger charge is 2.23. The van der Waals surface area contributed by atoms with Crippen LogP contribution in [0.4, 0.5) is 0 Å². The van der Waals surface area contributed by atoms with Gasteiger partial charge in [0.15, 0.2) is 0 Å². The monoisotopic (exact) mass is 317 g/mol. The summed E-state index contributed by atoms with van der Waals surface area (Å²) >= 11 is 1.63. The lowest BCUT2D eigenvalue weighted by atomic mass is 10.0. The molecule has 1 aliphatic rings. The minimum absolute atomic E-state index is 0.177. The first kappa shape index (κ1) is 15.1. The van der Waals surface area contributed by atoms with Crippen LogP contribution in [0.1, 0.15) is 11.3 Å². The van der Waals surface area contributed by atoms with Crippen molar-refractivity contribution in [3.05, 3.63) is 46.7 Å². The van der Waals surface area contributed by atoms with E-state index in [1.54, 1.807) is 23.9 Å². The largest absolute Gasteiger partial charge is 0.379 e. The first-order chi connectivity index (χ1) is 10.8. The molecule has 1 atom stereocenters. The summed E-state index contributed by atoms with van der Waals surface area (Å²) in [6, 6.07) is 3.93. The van der Waals surface area contributed by atoms with Crippen molar-refractivity contribution in [1.29, 1.82) is 0 Å². The molecule has 0 bridgehead atoms. The van der Waals surface area contributed by atoms with Gasteiger partial charge in [0.25, 0.3) is 0 Å². The average Bonchev–Trinajstić information content (AvgIpc) is 2.93. The SMILES string of the molecule is O=C(Cc1ccsc1)N1CCOCC(Cc2ccncn2)C1. The molecule has 0 N–H and O–H groups in total. The molecule has 0 radical (unpaired) electrons. The maximum Gasteiger partial charge on any atom is 0.227 e. The number of thiophene rings is 1. The lowest BCUT2D eigenvalue weighted by Crippen LogP contribution is -2.37. The summed E-state index contributed by atoms with van der Waals surface area (Å²) in [5.41, 5.74) is 2.09. The highest BCUT2D eigenvalue weighted by atomic mass is 32.1. The minimum Gasteiger partial charge on any atom is -0.379 e. The Balaban J connectivity index is 1.61. The Morgan fingerprint density at radius 2 is 2.41 bits per heavy atom. The van der Waals surface area contributed by atoms with E-state index in [2.05, 4.69) is 9.97 Å². The summed E-state index contributed by atoms with van der Waals surface area (Å²) in [5.74, 6) is 0.459. The second kappa shape index (κ2) is 7.47. The Morgan fingerprint density at radius 3 is 3.18 bits per heavy atom. The van der Waals surface area contributed by atoms with Gasteiger partial charge in [-0.2, -0.15) is 11.3 Å². The molecule has 116 valence electrons. The molecule has 5 nitrogen and oxygen atoms in total. The Morgan fingerprint density at radius 1 is 1.45 bits per heavy atom. The van der Waals surface area contributed by atoms with Crippen molar-refractivity contribution in [2.75, 3.05) is 26.3 Å². The molecule has 6 heteroatoms. The van der Waals surface area contributed by atoms with E-state index in [1.165, 1.54) is 0 Å². The maximum absolute atomic E-state index is 12.5. The zero-order valence-electron chi connectivity index (χ0n) is 12.4. The van der Waals surface area contributed by atoms with Gasteiger partial charge < -0.3 is 9.64 Å². The van der Waals surface area contributed by atoms with Crippen LogP contribution in [0, 0.1) is 5.92 Å². The summed E-state index contributed by atoms with van der Waals surface area (Å²) < 4.78 is 5.66. The van der Waals surface area contributed by atoms with E-state index in [9.17, 15) is 4.79 Å². The molecule has 2 aromatic heterocycles. The van der Waals surface area contributed by atoms with Crippen LogP contribution in [0.15, 0.2) is 35.4 Å². The first-order valence-corrected chi connectivity index (χ1v) is 8.37. The van der Waals surface area contributed by atoms with Crippen molar-refractivity contribution >= 4 is 17.2 Å². The topological polar surface area (TPSA) is 55.3 Å². The van der Waals surface area contributed by atoms with Crippen LogP contribution < -0.4 is 0 Å². The number of carbonyl (C=O) groups is 1. The third-order valence-corrected chi connectivity index (χ3v) is 4.50. The quantitative estimate of drug-likeness (QED) is 0.863. The molecule has 0 aromatic carbocycles. The number of hydrogen-bond donors (Lipinski definition) is 0. The van der Waals surface area contributed by atoms with Gasteiger partial charge in [0.1, 0.15) is 6.33 Å². The highest BCUT2D eigenvalue weighted by molar-refractivity contribution is 7.07. The van der Waals surface area contributed by atoms with Gasteiger partial charge >= 0.3 is 0 Å². The van der Waals surface area contributed by atoms with Crippen LogP contribution in [0.3, 0.4) is 0 Å². The number of nitrogens with zero attached hydrogens (tertiary/aromatic N) is 3. The van der Waals surface area contributed by atoms with Gasteiger partial charge in [-0.15, -0.1) is 0 Å². The van der Waals surface area contributed by atoms with E-state index >= 15 is 0 Å². The molecule has 1 saturated heterocycles. The number of aromatic nitrogens is 2. The molecule has 1 fully saturated rings. The summed E-state index contributed by atoms with van der Waals surface area (Å²) in [6.07, 6.45) is 4.60. The number of rotatable bonds is 4. The van der Waals surface area contributed by atoms with Crippen molar-refractivity contribution < 1.29 is 9.53 Å². The van der Waals surface area contributed by atoms with Crippen LogP contribution in [0.2, 0.25) is 0 Å². The van der Waals surface area contributed by atoms with Crippen molar-refractivity contribution in [2.24, 2.45) is 5.92 Å². The van der Waals surface area contributed by atoms with Gasteiger partial charge in [-0.3, -0.25) is 4.79 Å². The molecule has 1 aliphatic heterocycles. The zero-order chi connectivity index (χ0) is 15.2. The number of hydrogen-bond acceptors (Lipinski definition) is 5. The Labute approximate surface area is 134 Å².